The Hall–Kier alpha value is -2.32. The van der Waals surface area contributed by atoms with Crippen LogP contribution >= 0.6 is 34.8 Å². The minimum Gasteiger partial charge on any atom is -0.481 e. The molecule has 0 bridgehead atoms. The number of carbonyl (C=O) groups is 2. The van der Waals surface area contributed by atoms with Gasteiger partial charge in [0.1, 0.15) is 11.6 Å². The van der Waals surface area contributed by atoms with E-state index in [0.717, 1.165) is 19.3 Å². The third-order valence-corrected chi connectivity index (χ3v) is 6.36. The molecule has 0 aliphatic carbocycles. The van der Waals surface area contributed by atoms with Crippen molar-refractivity contribution >= 4 is 58.1 Å². The first-order chi connectivity index (χ1) is 15.3. The maximum Gasteiger partial charge on any atom is 0.315 e. The maximum absolute atomic E-state index is 13.1. The second kappa shape index (κ2) is 9.67. The lowest BCUT2D eigenvalue weighted by atomic mass is 9.89. The van der Waals surface area contributed by atoms with Crippen LogP contribution in [0.25, 0.3) is 0 Å². The molecule has 0 saturated carbocycles. The summed E-state index contributed by atoms with van der Waals surface area (Å²) >= 11 is 18.5. The summed E-state index contributed by atoms with van der Waals surface area (Å²) in [4.78, 5) is 25.5. The molecule has 2 aromatic rings. The number of aliphatic carboxylic acids is 1. The van der Waals surface area contributed by atoms with Gasteiger partial charge in [0.05, 0.1) is 16.8 Å². The van der Waals surface area contributed by atoms with Gasteiger partial charge in [0.2, 0.25) is 0 Å². The number of nitrogens with one attached hydrogen (secondary N) is 1. The Morgan fingerprint density at radius 1 is 0.969 bits per heavy atom. The number of halogens is 3. The van der Waals surface area contributed by atoms with E-state index in [0.29, 0.717) is 39.4 Å². The van der Waals surface area contributed by atoms with Crippen LogP contribution < -0.4 is 10.4 Å². The minimum absolute atomic E-state index is 0.0889. The molecule has 1 saturated heterocycles. The summed E-state index contributed by atoms with van der Waals surface area (Å²) in [7, 11) is 0. The fraction of sp³-hybridized carbons (Fsp3) is 0.318. The van der Waals surface area contributed by atoms with Crippen LogP contribution in [0.3, 0.4) is 0 Å². The summed E-state index contributed by atoms with van der Waals surface area (Å²) < 4.78 is 0. The Kier molecular flexibility index (Phi) is 6.90. The lowest BCUT2D eigenvalue weighted by Gasteiger charge is -2.28. The minimum atomic E-state index is -1.22. The normalized spacial score (nSPS) is 21.3. The molecule has 2 aliphatic rings. The molecule has 7 nitrogen and oxygen atoms in total. The van der Waals surface area contributed by atoms with E-state index in [1.165, 1.54) is 5.01 Å². The van der Waals surface area contributed by atoms with Crippen molar-refractivity contribution in [3.8, 4) is 0 Å². The Bertz CT molecular complexity index is 1050. The summed E-state index contributed by atoms with van der Waals surface area (Å²) in [6, 6.07) is 10.8. The zero-order chi connectivity index (χ0) is 22.8. The molecule has 2 atom stereocenters. The molecular formula is C22H21Cl3N4O3. The summed E-state index contributed by atoms with van der Waals surface area (Å²) in [5.41, 5.74) is 3.82. The number of carbonyl (C=O) groups excluding carboxylic acids is 1. The van der Waals surface area contributed by atoms with Crippen LogP contribution in [0.15, 0.2) is 47.6 Å². The molecule has 1 amide bonds. The van der Waals surface area contributed by atoms with Gasteiger partial charge in [-0.3, -0.25) is 20.0 Å². The molecule has 1 fully saturated rings. The molecule has 2 N–H and O–H groups in total. The topological polar surface area (TPSA) is 85.2 Å². The van der Waals surface area contributed by atoms with E-state index in [-0.39, 0.29) is 5.71 Å². The lowest BCUT2D eigenvalue weighted by Crippen LogP contribution is -2.49. The first kappa shape index (κ1) is 22.9. The number of hydrogen-bond donors (Lipinski definition) is 2. The summed E-state index contributed by atoms with van der Waals surface area (Å²) in [5.74, 6) is -2.91. The van der Waals surface area contributed by atoms with Crippen LogP contribution in [-0.2, 0) is 9.59 Å². The molecule has 0 spiro atoms. The van der Waals surface area contributed by atoms with Crippen LogP contribution in [0.1, 0.15) is 30.9 Å². The molecule has 2 heterocycles. The number of rotatable bonds is 5. The summed E-state index contributed by atoms with van der Waals surface area (Å²) in [6.07, 6.45) is 3.04. The average molecular weight is 496 g/mol. The van der Waals surface area contributed by atoms with E-state index in [4.69, 9.17) is 34.8 Å². The Morgan fingerprint density at radius 3 is 2.25 bits per heavy atom. The molecule has 0 aromatic heterocycles. The molecule has 168 valence electrons. The number of carboxylic acids is 1. The van der Waals surface area contributed by atoms with Crippen molar-refractivity contribution in [3.05, 3.63) is 63.1 Å². The SMILES string of the molecule is O=C(NN1CCCCC1)C1=NN(c2ccc(Cl)cc2Cl)C(c2ccc(Cl)cc2)C1C(=O)O. The van der Waals surface area contributed by atoms with Gasteiger partial charge in [-0.05, 0) is 48.7 Å². The quantitative estimate of drug-likeness (QED) is 0.623. The van der Waals surface area contributed by atoms with Crippen molar-refractivity contribution in [2.24, 2.45) is 11.0 Å². The van der Waals surface area contributed by atoms with Gasteiger partial charge in [-0.2, -0.15) is 5.10 Å². The first-order valence-electron chi connectivity index (χ1n) is 10.2. The van der Waals surface area contributed by atoms with E-state index in [2.05, 4.69) is 10.5 Å². The van der Waals surface area contributed by atoms with Gasteiger partial charge in [0.25, 0.3) is 5.91 Å². The summed E-state index contributed by atoms with van der Waals surface area (Å²) in [6.45, 7) is 1.42. The number of anilines is 1. The second-order valence-electron chi connectivity index (χ2n) is 7.73. The van der Waals surface area contributed by atoms with Crippen molar-refractivity contribution in [3.63, 3.8) is 0 Å². The first-order valence-corrected chi connectivity index (χ1v) is 11.4. The van der Waals surface area contributed by atoms with E-state index >= 15 is 0 Å². The number of amides is 1. The smallest absolute Gasteiger partial charge is 0.315 e. The maximum atomic E-state index is 13.1. The Balaban J connectivity index is 1.76. The highest BCUT2D eigenvalue weighted by atomic mass is 35.5. The fourth-order valence-corrected chi connectivity index (χ4v) is 4.66. The molecular weight excluding hydrogens is 475 g/mol. The zero-order valence-corrected chi connectivity index (χ0v) is 19.2. The van der Waals surface area contributed by atoms with Crippen LogP contribution in [-0.4, -0.2) is 40.8 Å². The highest BCUT2D eigenvalue weighted by molar-refractivity contribution is 6.44. The van der Waals surface area contributed by atoms with Crippen LogP contribution in [0, 0.1) is 5.92 Å². The van der Waals surface area contributed by atoms with Gasteiger partial charge in [0, 0.05) is 23.1 Å². The largest absolute Gasteiger partial charge is 0.481 e. The molecule has 4 rings (SSSR count). The van der Waals surface area contributed by atoms with Crippen molar-refractivity contribution in [2.75, 3.05) is 18.1 Å². The van der Waals surface area contributed by atoms with Crippen molar-refractivity contribution in [1.29, 1.82) is 0 Å². The molecule has 2 unspecified atom stereocenters. The molecule has 0 radical (unpaired) electrons. The van der Waals surface area contributed by atoms with Gasteiger partial charge in [-0.15, -0.1) is 0 Å². The predicted octanol–water partition coefficient (Wildman–Crippen LogP) is 4.78. The third-order valence-electron chi connectivity index (χ3n) is 5.57. The van der Waals surface area contributed by atoms with Gasteiger partial charge < -0.3 is 5.11 Å². The van der Waals surface area contributed by atoms with Crippen molar-refractivity contribution in [1.82, 2.24) is 10.4 Å². The number of benzene rings is 2. The highest BCUT2D eigenvalue weighted by Gasteiger charge is 2.47. The average Bonchev–Trinajstić information content (AvgIpc) is 3.16. The standard InChI is InChI=1S/C22H21Cl3N4O3/c23-14-6-4-13(5-7-14)20-18(22(31)32)19(21(30)27-28-10-2-1-3-11-28)26-29(20)17-9-8-15(24)12-16(17)25/h4-9,12,18,20H,1-3,10-11H2,(H,27,30)(H,31,32). The van der Waals surface area contributed by atoms with E-state index in [1.807, 2.05) is 5.01 Å². The summed E-state index contributed by atoms with van der Waals surface area (Å²) in [5, 5.41) is 19.1. The molecule has 2 aromatic carbocycles. The fourth-order valence-electron chi connectivity index (χ4n) is 4.04. The predicted molar refractivity (Wildman–Crippen MR) is 125 cm³/mol. The number of hydrogen-bond acceptors (Lipinski definition) is 5. The zero-order valence-electron chi connectivity index (χ0n) is 17.0. The number of nitrogens with zero attached hydrogens (tertiary/aromatic N) is 3. The number of hydrazone groups is 1. The lowest BCUT2D eigenvalue weighted by molar-refractivity contribution is -0.140. The monoisotopic (exact) mass is 494 g/mol. The van der Waals surface area contributed by atoms with Gasteiger partial charge in [-0.25, -0.2) is 5.01 Å². The third kappa shape index (κ3) is 4.71. The van der Waals surface area contributed by atoms with Crippen molar-refractivity contribution < 1.29 is 14.7 Å². The van der Waals surface area contributed by atoms with Crippen LogP contribution in [0.4, 0.5) is 5.69 Å². The Morgan fingerprint density at radius 2 is 1.62 bits per heavy atom. The number of piperidine rings is 1. The van der Waals surface area contributed by atoms with E-state index in [1.54, 1.807) is 42.5 Å². The highest BCUT2D eigenvalue weighted by Crippen LogP contribution is 2.43. The van der Waals surface area contributed by atoms with Crippen LogP contribution in [0.2, 0.25) is 15.1 Å². The Labute approximate surface area is 200 Å². The molecule has 10 heteroatoms. The number of hydrazine groups is 1. The number of carboxylic acid groups (broad SMARTS) is 1. The van der Waals surface area contributed by atoms with E-state index in [9.17, 15) is 14.7 Å². The van der Waals surface area contributed by atoms with Gasteiger partial charge in [-0.1, -0.05) is 53.4 Å². The van der Waals surface area contributed by atoms with E-state index < -0.39 is 23.8 Å². The van der Waals surface area contributed by atoms with Crippen LogP contribution in [0.5, 0.6) is 0 Å². The molecule has 32 heavy (non-hydrogen) atoms. The second-order valence-corrected chi connectivity index (χ2v) is 9.01. The van der Waals surface area contributed by atoms with Crippen molar-refractivity contribution in [2.45, 2.75) is 25.3 Å². The molecule has 2 aliphatic heterocycles. The van der Waals surface area contributed by atoms with Gasteiger partial charge >= 0.3 is 5.97 Å². The van der Waals surface area contributed by atoms with Gasteiger partial charge in [0.15, 0.2) is 0 Å².